The van der Waals surface area contributed by atoms with Gasteiger partial charge in [-0.15, -0.1) is 0 Å². The SMILES string of the molecule is CN(C)CCN(C)C(=O)c1cccc(Cl)c1N. The van der Waals surface area contributed by atoms with Crippen LogP contribution in [0.25, 0.3) is 0 Å². The first-order chi connectivity index (χ1) is 7.93. The Hall–Kier alpha value is -1.26. The van der Waals surface area contributed by atoms with E-state index in [9.17, 15) is 4.79 Å². The number of carbonyl (C=O) groups is 1. The fraction of sp³-hybridized carbons (Fsp3) is 0.417. The summed E-state index contributed by atoms with van der Waals surface area (Å²) in [6, 6.07) is 5.09. The van der Waals surface area contributed by atoms with Crippen LogP contribution in [0.5, 0.6) is 0 Å². The molecule has 0 atom stereocenters. The van der Waals surface area contributed by atoms with Crippen molar-refractivity contribution in [3.05, 3.63) is 28.8 Å². The maximum Gasteiger partial charge on any atom is 0.255 e. The van der Waals surface area contributed by atoms with Crippen LogP contribution in [0.3, 0.4) is 0 Å². The Labute approximate surface area is 107 Å². The molecule has 0 spiro atoms. The van der Waals surface area contributed by atoms with E-state index in [1.165, 1.54) is 0 Å². The number of anilines is 1. The lowest BCUT2D eigenvalue weighted by Crippen LogP contribution is -2.33. The van der Waals surface area contributed by atoms with E-state index < -0.39 is 0 Å². The van der Waals surface area contributed by atoms with E-state index in [1.807, 2.05) is 19.0 Å². The van der Waals surface area contributed by atoms with E-state index in [0.717, 1.165) is 6.54 Å². The number of likely N-dealkylation sites (N-methyl/N-ethyl adjacent to an activating group) is 2. The largest absolute Gasteiger partial charge is 0.397 e. The summed E-state index contributed by atoms with van der Waals surface area (Å²) in [5.74, 6) is -0.105. The second-order valence-corrected chi connectivity index (χ2v) is 4.64. The molecule has 0 heterocycles. The molecule has 1 amide bonds. The fourth-order valence-electron chi connectivity index (χ4n) is 1.38. The Bertz CT molecular complexity index is 407. The highest BCUT2D eigenvalue weighted by atomic mass is 35.5. The molecule has 2 N–H and O–H groups in total. The Morgan fingerprint density at radius 3 is 2.53 bits per heavy atom. The second kappa shape index (κ2) is 5.89. The van der Waals surface area contributed by atoms with Crippen LogP contribution in [0.1, 0.15) is 10.4 Å². The number of nitrogens with two attached hydrogens (primary N) is 1. The number of halogens is 1. The molecule has 4 nitrogen and oxygen atoms in total. The van der Waals surface area contributed by atoms with Crippen LogP contribution in [0.15, 0.2) is 18.2 Å². The molecule has 0 fully saturated rings. The van der Waals surface area contributed by atoms with Crippen LogP contribution in [-0.4, -0.2) is 49.9 Å². The zero-order chi connectivity index (χ0) is 13.0. The van der Waals surface area contributed by atoms with Crippen LogP contribution in [0.2, 0.25) is 5.02 Å². The van der Waals surface area contributed by atoms with E-state index in [-0.39, 0.29) is 5.91 Å². The smallest absolute Gasteiger partial charge is 0.255 e. The average molecular weight is 256 g/mol. The molecule has 94 valence electrons. The average Bonchev–Trinajstić information content (AvgIpc) is 2.28. The maximum atomic E-state index is 12.1. The normalized spacial score (nSPS) is 10.6. The monoisotopic (exact) mass is 255 g/mol. The minimum absolute atomic E-state index is 0.105. The van der Waals surface area contributed by atoms with Crippen molar-refractivity contribution in [2.24, 2.45) is 0 Å². The molecule has 0 aromatic heterocycles. The van der Waals surface area contributed by atoms with Crippen molar-refractivity contribution in [3.8, 4) is 0 Å². The zero-order valence-corrected chi connectivity index (χ0v) is 11.2. The Morgan fingerprint density at radius 1 is 1.29 bits per heavy atom. The van der Waals surface area contributed by atoms with Gasteiger partial charge in [0, 0.05) is 20.1 Å². The van der Waals surface area contributed by atoms with Gasteiger partial charge in [0.15, 0.2) is 0 Å². The lowest BCUT2D eigenvalue weighted by Gasteiger charge is -2.20. The summed E-state index contributed by atoms with van der Waals surface area (Å²) < 4.78 is 0. The van der Waals surface area contributed by atoms with Crippen LogP contribution < -0.4 is 5.73 Å². The number of para-hydroxylation sites is 1. The van der Waals surface area contributed by atoms with Crippen LogP contribution in [0, 0.1) is 0 Å². The number of hydrogen-bond acceptors (Lipinski definition) is 3. The second-order valence-electron chi connectivity index (χ2n) is 4.23. The van der Waals surface area contributed by atoms with Crippen molar-refractivity contribution in [2.75, 3.05) is 40.0 Å². The van der Waals surface area contributed by atoms with Crippen molar-refractivity contribution in [3.63, 3.8) is 0 Å². The summed E-state index contributed by atoms with van der Waals surface area (Å²) in [5.41, 5.74) is 6.59. The molecule has 17 heavy (non-hydrogen) atoms. The highest BCUT2D eigenvalue weighted by Crippen LogP contribution is 2.23. The molecular formula is C12H18ClN3O. The molecule has 5 heteroatoms. The topological polar surface area (TPSA) is 49.6 Å². The standard InChI is InChI=1S/C12H18ClN3O/c1-15(2)7-8-16(3)12(17)9-5-4-6-10(13)11(9)14/h4-6H,7-8,14H2,1-3H3. The van der Waals surface area contributed by atoms with Crippen molar-refractivity contribution in [1.29, 1.82) is 0 Å². The van der Waals surface area contributed by atoms with Crippen LogP contribution in [0.4, 0.5) is 5.69 Å². The third kappa shape index (κ3) is 3.61. The lowest BCUT2D eigenvalue weighted by molar-refractivity contribution is 0.0787. The Kier molecular flexibility index (Phi) is 4.78. The quantitative estimate of drug-likeness (QED) is 0.831. The van der Waals surface area contributed by atoms with Gasteiger partial charge in [0.1, 0.15) is 0 Å². The molecule has 0 saturated heterocycles. The summed E-state index contributed by atoms with van der Waals surface area (Å²) in [7, 11) is 5.68. The third-order valence-electron chi connectivity index (χ3n) is 2.51. The van der Waals surface area contributed by atoms with E-state index >= 15 is 0 Å². The van der Waals surface area contributed by atoms with Gasteiger partial charge in [-0.3, -0.25) is 4.79 Å². The summed E-state index contributed by atoms with van der Waals surface area (Å²) in [6.45, 7) is 1.46. The maximum absolute atomic E-state index is 12.1. The van der Waals surface area contributed by atoms with Gasteiger partial charge in [-0.05, 0) is 26.2 Å². The number of rotatable bonds is 4. The zero-order valence-electron chi connectivity index (χ0n) is 10.4. The van der Waals surface area contributed by atoms with Crippen molar-refractivity contribution in [1.82, 2.24) is 9.80 Å². The number of carbonyl (C=O) groups excluding carboxylic acids is 1. The molecule has 0 bridgehead atoms. The third-order valence-corrected chi connectivity index (χ3v) is 2.84. The van der Waals surface area contributed by atoms with Gasteiger partial charge in [0.2, 0.25) is 0 Å². The number of benzene rings is 1. The van der Waals surface area contributed by atoms with Crippen molar-refractivity contribution >= 4 is 23.2 Å². The molecule has 0 aliphatic rings. The predicted octanol–water partition coefficient (Wildman–Crippen LogP) is 1.56. The van der Waals surface area contributed by atoms with Gasteiger partial charge >= 0.3 is 0 Å². The molecular weight excluding hydrogens is 238 g/mol. The summed E-state index contributed by atoms with van der Waals surface area (Å²) >= 11 is 5.89. The summed E-state index contributed by atoms with van der Waals surface area (Å²) in [4.78, 5) is 15.8. The highest BCUT2D eigenvalue weighted by molar-refractivity contribution is 6.33. The molecule has 1 aromatic rings. The van der Waals surface area contributed by atoms with Gasteiger partial charge in [0.25, 0.3) is 5.91 Å². The number of amides is 1. The molecule has 0 aliphatic carbocycles. The van der Waals surface area contributed by atoms with Crippen molar-refractivity contribution in [2.45, 2.75) is 0 Å². The first-order valence-electron chi connectivity index (χ1n) is 5.37. The summed E-state index contributed by atoms with van der Waals surface area (Å²) in [5, 5.41) is 0.414. The van der Waals surface area contributed by atoms with E-state index in [2.05, 4.69) is 0 Å². The minimum atomic E-state index is -0.105. The highest BCUT2D eigenvalue weighted by Gasteiger charge is 2.15. The van der Waals surface area contributed by atoms with E-state index in [4.69, 9.17) is 17.3 Å². The van der Waals surface area contributed by atoms with Gasteiger partial charge in [-0.2, -0.15) is 0 Å². The summed E-state index contributed by atoms with van der Waals surface area (Å²) in [6.07, 6.45) is 0. The molecule has 0 radical (unpaired) electrons. The molecule has 0 saturated carbocycles. The predicted molar refractivity (Wildman–Crippen MR) is 71.4 cm³/mol. The van der Waals surface area contributed by atoms with Crippen molar-refractivity contribution < 1.29 is 4.79 Å². The van der Waals surface area contributed by atoms with Gasteiger partial charge < -0.3 is 15.5 Å². The minimum Gasteiger partial charge on any atom is -0.397 e. The number of nitrogens with zero attached hydrogens (tertiary/aromatic N) is 2. The molecule has 1 aromatic carbocycles. The number of nitrogen functional groups attached to an aromatic ring is 1. The Morgan fingerprint density at radius 2 is 1.94 bits per heavy atom. The van der Waals surface area contributed by atoms with Gasteiger partial charge in [-0.1, -0.05) is 17.7 Å². The van der Waals surface area contributed by atoms with E-state index in [1.54, 1.807) is 30.1 Å². The number of hydrogen-bond donors (Lipinski definition) is 1. The fourth-order valence-corrected chi connectivity index (χ4v) is 1.56. The first-order valence-corrected chi connectivity index (χ1v) is 5.75. The Balaban J connectivity index is 2.78. The molecule has 0 aliphatic heterocycles. The van der Waals surface area contributed by atoms with Crippen LogP contribution >= 0.6 is 11.6 Å². The molecule has 0 unspecified atom stereocenters. The van der Waals surface area contributed by atoms with Gasteiger partial charge in [0.05, 0.1) is 16.3 Å². The molecule has 1 rings (SSSR count). The first kappa shape index (κ1) is 13.8. The lowest BCUT2D eigenvalue weighted by atomic mass is 10.1. The van der Waals surface area contributed by atoms with Gasteiger partial charge in [-0.25, -0.2) is 0 Å². The van der Waals surface area contributed by atoms with Crippen LogP contribution in [-0.2, 0) is 0 Å². The van der Waals surface area contributed by atoms with E-state index in [0.29, 0.717) is 22.8 Å².